The Morgan fingerprint density at radius 1 is 0.369 bits per heavy atom. The molecule has 0 aromatic rings. The second kappa shape index (κ2) is 36.8. The van der Waals surface area contributed by atoms with Crippen LogP contribution in [0.1, 0.15) is 107 Å². The SMILES string of the molecule is CC(CCNC(=O)OCCOCCC[Si]1(C)O[Si](C)(CCCOCCOC(=O)NCCC(C)N2CC2C)O[Si](C)(CCCOCCOC(=O)NCCC(C)N2CC2C)O[Si](C)(CCCOCCOC(=O)NCCC(C)N2CC2C)O1)N1CC1C. The van der Waals surface area contributed by atoms with Crippen molar-refractivity contribution in [1.29, 1.82) is 0 Å². The van der Waals surface area contributed by atoms with Crippen molar-refractivity contribution in [3.8, 4) is 0 Å². The fraction of sp³-hybridized carbons (Fsp3) is 0.929. The highest BCUT2D eigenvalue weighted by atomic mass is 28.5. The van der Waals surface area contributed by atoms with Crippen LogP contribution in [0.25, 0.3) is 0 Å². The van der Waals surface area contributed by atoms with Gasteiger partial charge >= 0.3 is 58.6 Å². The largest absolute Gasteiger partial charge is 0.447 e. The van der Waals surface area contributed by atoms with E-state index in [-0.39, 0.29) is 52.9 Å². The number of alkyl carbamates (subject to hydrolysis) is 4. The maximum atomic E-state index is 12.4. The van der Waals surface area contributed by atoms with Crippen molar-refractivity contribution < 1.29 is 73.5 Å². The molecular formula is C56H112N8O16Si4. The van der Waals surface area contributed by atoms with E-state index in [1.54, 1.807) is 0 Å². The van der Waals surface area contributed by atoms with Crippen LogP contribution in [0, 0.1) is 0 Å². The van der Waals surface area contributed by atoms with E-state index in [4.69, 9.17) is 54.4 Å². The number of ether oxygens (including phenoxy) is 8. The molecule has 4 amide bonds. The van der Waals surface area contributed by atoms with E-state index in [9.17, 15) is 19.2 Å². The van der Waals surface area contributed by atoms with Crippen LogP contribution in [0.4, 0.5) is 19.2 Å². The summed E-state index contributed by atoms with van der Waals surface area (Å²) >= 11 is 0. The highest BCUT2D eigenvalue weighted by molar-refractivity contribution is 6.93. The molecule has 0 aromatic carbocycles. The Morgan fingerprint density at radius 3 is 0.738 bits per heavy atom. The third-order valence-corrected chi connectivity index (χ3v) is 35.3. The molecule has 84 heavy (non-hydrogen) atoms. The molecule has 0 spiro atoms. The van der Waals surface area contributed by atoms with Gasteiger partial charge in [0.05, 0.1) is 26.4 Å². The molecule has 12 unspecified atom stereocenters. The van der Waals surface area contributed by atoms with E-state index in [0.29, 0.717) is 151 Å². The fourth-order valence-corrected chi connectivity index (χ4v) is 34.6. The van der Waals surface area contributed by atoms with Gasteiger partial charge in [-0.15, -0.1) is 0 Å². The minimum absolute atomic E-state index is 0.138. The second-order valence-corrected chi connectivity index (χ2v) is 39.1. The predicted molar refractivity (Wildman–Crippen MR) is 330 cm³/mol. The molecule has 5 heterocycles. The van der Waals surface area contributed by atoms with Gasteiger partial charge in [0.25, 0.3) is 0 Å². The summed E-state index contributed by atoms with van der Waals surface area (Å²) in [5, 5.41) is 11.4. The number of carbonyl (C=O) groups is 4. The average molecular weight is 1270 g/mol. The molecule has 5 fully saturated rings. The summed E-state index contributed by atoms with van der Waals surface area (Å²) in [5.41, 5.74) is 0. The van der Waals surface area contributed by atoms with Crippen molar-refractivity contribution in [3.63, 3.8) is 0 Å². The highest BCUT2D eigenvalue weighted by Gasteiger charge is 2.56. The Labute approximate surface area is 508 Å². The van der Waals surface area contributed by atoms with E-state index >= 15 is 0 Å². The van der Waals surface area contributed by atoms with E-state index < -0.39 is 58.6 Å². The summed E-state index contributed by atoms with van der Waals surface area (Å²) < 4.78 is 75.1. The molecule has 0 bridgehead atoms. The monoisotopic (exact) mass is 1260 g/mol. The summed E-state index contributed by atoms with van der Waals surface area (Å²) in [4.78, 5) is 59.1. The maximum absolute atomic E-state index is 12.4. The third-order valence-electron chi connectivity index (χ3n) is 16.5. The van der Waals surface area contributed by atoms with E-state index in [0.717, 1.165) is 51.9 Å². The van der Waals surface area contributed by atoms with Crippen LogP contribution in [0.2, 0.25) is 50.4 Å². The van der Waals surface area contributed by atoms with Gasteiger partial charge in [-0.05, 0) is 157 Å². The van der Waals surface area contributed by atoms with Gasteiger partial charge < -0.3 is 75.6 Å². The molecule has 0 aliphatic carbocycles. The van der Waals surface area contributed by atoms with E-state index in [1.807, 2.05) is 0 Å². The first kappa shape index (κ1) is 72.2. The Hall–Kier alpha value is -2.53. The molecule has 0 aromatic heterocycles. The molecule has 24 nitrogen and oxygen atoms in total. The molecule has 0 radical (unpaired) electrons. The summed E-state index contributed by atoms with van der Waals surface area (Å²) in [7, 11) is -12.3. The van der Waals surface area contributed by atoms with Gasteiger partial charge in [-0.2, -0.15) is 0 Å². The number of hydrogen-bond acceptors (Lipinski definition) is 20. The van der Waals surface area contributed by atoms with Crippen molar-refractivity contribution in [2.75, 3.05) is 132 Å². The summed E-state index contributed by atoms with van der Waals surface area (Å²) in [6.07, 6.45) is 4.25. The molecule has 28 heteroatoms. The summed E-state index contributed by atoms with van der Waals surface area (Å²) in [6, 6.07) is 6.59. The van der Waals surface area contributed by atoms with Crippen molar-refractivity contribution in [2.45, 2.75) is 205 Å². The van der Waals surface area contributed by atoms with Gasteiger partial charge in [0, 0.05) is 127 Å². The molecule has 0 saturated carbocycles. The normalized spacial score (nSPS) is 31.0. The average Bonchev–Trinajstić information content (AvgIpc) is 3.46. The van der Waals surface area contributed by atoms with Crippen molar-refractivity contribution in [1.82, 2.24) is 40.9 Å². The molecule has 12 atom stereocenters. The molecule has 5 saturated heterocycles. The second-order valence-electron chi connectivity index (χ2n) is 24.8. The van der Waals surface area contributed by atoms with Crippen LogP contribution >= 0.6 is 0 Å². The lowest BCUT2D eigenvalue weighted by atomic mass is 10.2. The van der Waals surface area contributed by atoms with Crippen LogP contribution in [-0.4, -0.2) is 258 Å². The first-order valence-electron chi connectivity index (χ1n) is 31.8. The van der Waals surface area contributed by atoms with Crippen LogP contribution < -0.4 is 21.3 Å². The molecule has 5 aliphatic heterocycles. The topological polar surface area (TPSA) is 239 Å². The van der Waals surface area contributed by atoms with Crippen LogP contribution in [-0.2, 0) is 54.4 Å². The number of amides is 4. The summed E-state index contributed by atoms with van der Waals surface area (Å²) in [5.74, 6) is 0. The minimum atomic E-state index is -3.06. The van der Waals surface area contributed by atoms with Gasteiger partial charge in [0.15, 0.2) is 0 Å². The molecule has 5 rings (SSSR count). The van der Waals surface area contributed by atoms with Crippen LogP contribution in [0.15, 0.2) is 0 Å². The fourth-order valence-electron chi connectivity index (χ4n) is 11.4. The number of carbonyl (C=O) groups excluding carboxylic acids is 4. The van der Waals surface area contributed by atoms with Gasteiger partial charge in [-0.25, -0.2) is 19.2 Å². The van der Waals surface area contributed by atoms with Crippen molar-refractivity contribution in [3.05, 3.63) is 0 Å². The molecule has 4 N–H and O–H groups in total. The van der Waals surface area contributed by atoms with Gasteiger partial charge in [0.1, 0.15) is 26.4 Å². The highest BCUT2D eigenvalue weighted by Crippen LogP contribution is 2.39. The predicted octanol–water partition coefficient (Wildman–Crippen LogP) is 6.82. The Morgan fingerprint density at radius 2 is 0.560 bits per heavy atom. The van der Waals surface area contributed by atoms with E-state index in [2.05, 4.69) is 122 Å². The quantitative estimate of drug-likeness (QED) is 0.0212. The zero-order valence-electron chi connectivity index (χ0n) is 53.6. The molecule has 488 valence electrons. The Bertz CT molecular complexity index is 1680. The smallest absolute Gasteiger partial charge is 0.407 e. The standard InChI is InChI=1S/C56H112N8O16Si4/c1-45(61-41-49(61)5)17-21-57-53(65)73-33-29-69-25-13-37-81(9)77-82(10,38-14-26-70-30-34-74-54(66)58-22-18-46(2)62-42-50(62)6)79-84(12,40-16-28-72-32-36-76-56(68)60-24-20-48(4)64-44-52(64)8)80-83(11,78-81)39-15-27-71-31-35-75-55(67)59-23-19-47(3)63-43-51(63)7/h45-52H,13-44H2,1-12H3,(H,57,65)(H,58,66)(H,59,67)(H,60,68). The van der Waals surface area contributed by atoms with Gasteiger partial charge in [-0.3, -0.25) is 19.6 Å². The van der Waals surface area contributed by atoms with Gasteiger partial charge in [0.2, 0.25) is 0 Å². The van der Waals surface area contributed by atoms with Crippen LogP contribution in [0.5, 0.6) is 0 Å². The zero-order chi connectivity index (χ0) is 61.2. The van der Waals surface area contributed by atoms with Crippen molar-refractivity contribution in [2.24, 2.45) is 0 Å². The van der Waals surface area contributed by atoms with Gasteiger partial charge in [-0.1, -0.05) is 0 Å². The lowest BCUT2D eigenvalue weighted by Gasteiger charge is -2.50. The number of nitrogens with zero attached hydrogens (tertiary/aromatic N) is 4. The number of nitrogens with one attached hydrogen (secondary N) is 4. The third kappa shape index (κ3) is 29.2. The Balaban J connectivity index is 1.13. The maximum Gasteiger partial charge on any atom is 0.407 e. The molecule has 5 aliphatic rings. The molecular weight excluding hydrogens is 1150 g/mol. The lowest BCUT2D eigenvalue weighted by molar-refractivity contribution is 0.0713. The summed E-state index contributed by atoms with van der Waals surface area (Å²) in [6.45, 7) is 35.8. The lowest BCUT2D eigenvalue weighted by Crippen LogP contribution is -2.67. The first-order chi connectivity index (χ1) is 40.0. The number of rotatable bonds is 44. The van der Waals surface area contributed by atoms with E-state index in [1.165, 1.54) is 0 Å². The number of hydrogen-bond donors (Lipinski definition) is 4. The van der Waals surface area contributed by atoms with Crippen molar-refractivity contribution >= 4 is 58.6 Å². The Kier molecular flexibility index (Phi) is 31.7. The first-order valence-corrected chi connectivity index (χ1v) is 41.9. The minimum Gasteiger partial charge on any atom is -0.447 e. The van der Waals surface area contributed by atoms with Crippen LogP contribution in [0.3, 0.4) is 0 Å². The zero-order valence-corrected chi connectivity index (χ0v) is 57.6.